The summed E-state index contributed by atoms with van der Waals surface area (Å²) in [4.78, 5) is 4.17. The van der Waals surface area contributed by atoms with Gasteiger partial charge >= 0.3 is 0 Å². The third kappa shape index (κ3) is 2.64. The first-order valence-corrected chi connectivity index (χ1v) is 8.58. The lowest BCUT2D eigenvalue weighted by atomic mass is 9.85. The Morgan fingerprint density at radius 3 is 2.75 bits per heavy atom. The second-order valence-corrected chi connectivity index (χ2v) is 6.62. The highest BCUT2D eigenvalue weighted by atomic mass is 19.1. The van der Waals surface area contributed by atoms with Gasteiger partial charge in [-0.15, -0.1) is 0 Å². The Hall–Kier alpha value is -2.42. The highest BCUT2D eigenvalue weighted by Crippen LogP contribution is 2.33. The van der Waals surface area contributed by atoms with Gasteiger partial charge in [0.25, 0.3) is 0 Å². The van der Waals surface area contributed by atoms with E-state index in [1.807, 2.05) is 22.9 Å². The van der Waals surface area contributed by atoms with E-state index in [0.717, 1.165) is 18.4 Å². The van der Waals surface area contributed by atoms with Gasteiger partial charge in [0.2, 0.25) is 0 Å². The van der Waals surface area contributed by atoms with Crippen LogP contribution in [0.5, 0.6) is 0 Å². The molecule has 1 heterocycles. The molecular weight excluding hydrogens is 299 g/mol. The predicted octanol–water partition coefficient (Wildman–Crippen LogP) is 4.85. The first kappa shape index (κ1) is 15.1. The van der Waals surface area contributed by atoms with Gasteiger partial charge in [0, 0.05) is 18.0 Å². The normalized spacial score (nSPS) is 15.1. The summed E-state index contributed by atoms with van der Waals surface area (Å²) >= 11 is 0. The van der Waals surface area contributed by atoms with Gasteiger partial charge in [-0.1, -0.05) is 30.3 Å². The van der Waals surface area contributed by atoms with Gasteiger partial charge in [-0.25, -0.2) is 9.37 Å². The minimum Gasteiger partial charge on any atom is -0.326 e. The number of nitrogens with zero attached hydrogens (tertiary/aromatic N) is 2. The van der Waals surface area contributed by atoms with Crippen LogP contribution in [0.1, 0.15) is 46.7 Å². The van der Waals surface area contributed by atoms with Crippen molar-refractivity contribution in [2.75, 3.05) is 0 Å². The number of hydrogen-bond donors (Lipinski definition) is 0. The van der Waals surface area contributed by atoms with Gasteiger partial charge in [-0.2, -0.15) is 0 Å². The number of rotatable bonds is 3. The van der Waals surface area contributed by atoms with E-state index in [1.165, 1.54) is 35.6 Å². The van der Waals surface area contributed by atoms with Crippen molar-refractivity contribution >= 4 is 0 Å². The Bertz CT molecular complexity index is 852. The van der Waals surface area contributed by atoms with Crippen LogP contribution in [0.25, 0.3) is 0 Å². The van der Waals surface area contributed by atoms with E-state index in [0.29, 0.717) is 5.56 Å². The van der Waals surface area contributed by atoms with Crippen LogP contribution in [-0.4, -0.2) is 9.55 Å². The SMILES string of the molecule is Cc1cc(C(c2ccccc2F)n2ccnc2)cc2c1CCCC2. The molecule has 0 saturated carbocycles. The zero-order valence-electron chi connectivity index (χ0n) is 13.9. The van der Waals surface area contributed by atoms with Crippen LogP contribution in [0.2, 0.25) is 0 Å². The molecule has 3 heteroatoms. The quantitative estimate of drug-likeness (QED) is 0.675. The van der Waals surface area contributed by atoms with Crippen molar-refractivity contribution in [1.29, 1.82) is 0 Å². The van der Waals surface area contributed by atoms with Crippen molar-refractivity contribution in [2.45, 2.75) is 38.6 Å². The van der Waals surface area contributed by atoms with Crippen molar-refractivity contribution in [2.24, 2.45) is 0 Å². The van der Waals surface area contributed by atoms with Gasteiger partial charge in [-0.05, 0) is 60.9 Å². The monoisotopic (exact) mass is 320 g/mol. The molecule has 1 atom stereocenters. The van der Waals surface area contributed by atoms with Crippen molar-refractivity contribution in [3.05, 3.63) is 88.8 Å². The van der Waals surface area contributed by atoms with Gasteiger partial charge < -0.3 is 4.57 Å². The number of fused-ring (bicyclic) bond motifs is 1. The molecule has 122 valence electrons. The maximum absolute atomic E-state index is 14.5. The van der Waals surface area contributed by atoms with Crippen molar-refractivity contribution in [3.8, 4) is 0 Å². The van der Waals surface area contributed by atoms with Gasteiger partial charge in [0.1, 0.15) is 5.82 Å². The summed E-state index contributed by atoms with van der Waals surface area (Å²) < 4.78 is 16.5. The fraction of sp³-hybridized carbons (Fsp3) is 0.286. The number of benzene rings is 2. The molecule has 1 unspecified atom stereocenters. The van der Waals surface area contributed by atoms with E-state index in [-0.39, 0.29) is 11.9 Å². The Morgan fingerprint density at radius 1 is 1.12 bits per heavy atom. The van der Waals surface area contributed by atoms with Gasteiger partial charge in [0.05, 0.1) is 12.4 Å². The molecule has 1 aliphatic rings. The zero-order valence-corrected chi connectivity index (χ0v) is 13.9. The third-order valence-electron chi connectivity index (χ3n) is 5.05. The topological polar surface area (TPSA) is 17.8 Å². The lowest BCUT2D eigenvalue weighted by Gasteiger charge is -2.25. The Kier molecular flexibility index (Phi) is 3.93. The maximum Gasteiger partial charge on any atom is 0.128 e. The van der Waals surface area contributed by atoms with E-state index in [2.05, 4.69) is 24.0 Å². The van der Waals surface area contributed by atoms with Crippen molar-refractivity contribution in [1.82, 2.24) is 9.55 Å². The predicted molar refractivity (Wildman–Crippen MR) is 93.7 cm³/mol. The molecule has 2 nitrogen and oxygen atoms in total. The number of halogens is 1. The molecule has 0 bridgehead atoms. The number of aromatic nitrogens is 2. The standard InChI is InChI=1S/C21H21FN2/c1-15-12-17(13-16-6-2-3-7-18(15)16)21(24-11-10-23-14-24)19-8-4-5-9-20(19)22/h4-5,8-14,21H,2-3,6-7H2,1H3. The molecule has 0 amide bonds. The van der Waals surface area contributed by atoms with E-state index in [4.69, 9.17) is 0 Å². The molecule has 0 fully saturated rings. The van der Waals surface area contributed by atoms with Crippen molar-refractivity contribution in [3.63, 3.8) is 0 Å². The molecule has 1 aromatic heterocycles. The molecular formula is C21H21FN2. The summed E-state index contributed by atoms with van der Waals surface area (Å²) in [6.45, 7) is 2.18. The molecule has 0 N–H and O–H groups in total. The van der Waals surface area contributed by atoms with Crippen molar-refractivity contribution < 1.29 is 4.39 Å². The molecule has 1 aliphatic carbocycles. The second kappa shape index (κ2) is 6.23. The highest BCUT2D eigenvalue weighted by Gasteiger charge is 2.22. The molecule has 2 aromatic carbocycles. The largest absolute Gasteiger partial charge is 0.326 e. The Labute approximate surface area is 142 Å². The Balaban J connectivity index is 1.89. The average Bonchev–Trinajstić information content (AvgIpc) is 3.11. The van der Waals surface area contributed by atoms with E-state index < -0.39 is 0 Å². The molecule has 24 heavy (non-hydrogen) atoms. The molecule has 0 radical (unpaired) electrons. The number of imidazole rings is 1. The van der Waals surface area contributed by atoms with E-state index in [1.54, 1.807) is 18.6 Å². The van der Waals surface area contributed by atoms with Gasteiger partial charge in [-0.3, -0.25) is 0 Å². The van der Waals surface area contributed by atoms with Crippen LogP contribution >= 0.6 is 0 Å². The van der Waals surface area contributed by atoms with Crippen LogP contribution < -0.4 is 0 Å². The minimum absolute atomic E-state index is 0.174. The van der Waals surface area contributed by atoms with Gasteiger partial charge in [0.15, 0.2) is 0 Å². The average molecular weight is 320 g/mol. The Morgan fingerprint density at radius 2 is 1.96 bits per heavy atom. The first-order chi connectivity index (χ1) is 11.7. The molecule has 4 rings (SSSR count). The lowest BCUT2D eigenvalue weighted by Crippen LogP contribution is -2.15. The fourth-order valence-electron chi connectivity index (χ4n) is 3.91. The van der Waals surface area contributed by atoms with Crippen LogP contribution in [-0.2, 0) is 12.8 Å². The maximum atomic E-state index is 14.5. The van der Waals surface area contributed by atoms with Crippen LogP contribution in [0.15, 0.2) is 55.1 Å². The number of hydrogen-bond acceptors (Lipinski definition) is 1. The lowest BCUT2D eigenvalue weighted by molar-refractivity contribution is 0.571. The van der Waals surface area contributed by atoms with Crippen LogP contribution in [0, 0.1) is 12.7 Å². The fourth-order valence-corrected chi connectivity index (χ4v) is 3.91. The summed E-state index contributed by atoms with van der Waals surface area (Å²) in [5.74, 6) is -0.174. The second-order valence-electron chi connectivity index (χ2n) is 6.62. The molecule has 0 saturated heterocycles. The summed E-state index contributed by atoms with van der Waals surface area (Å²) in [5.41, 5.74) is 6.06. The third-order valence-corrected chi connectivity index (χ3v) is 5.05. The highest BCUT2D eigenvalue weighted by molar-refractivity contribution is 5.44. The number of aryl methyl sites for hydroxylation is 2. The summed E-state index contributed by atoms with van der Waals surface area (Å²) in [5, 5.41) is 0. The zero-order chi connectivity index (χ0) is 16.5. The summed E-state index contributed by atoms with van der Waals surface area (Å²) in [6.07, 6.45) is 10.2. The van der Waals surface area contributed by atoms with E-state index in [9.17, 15) is 4.39 Å². The first-order valence-electron chi connectivity index (χ1n) is 8.58. The van der Waals surface area contributed by atoms with Crippen LogP contribution in [0.3, 0.4) is 0 Å². The summed E-state index contributed by atoms with van der Waals surface area (Å²) in [6, 6.07) is 11.4. The minimum atomic E-state index is -0.181. The summed E-state index contributed by atoms with van der Waals surface area (Å²) in [7, 11) is 0. The van der Waals surface area contributed by atoms with Crippen LogP contribution in [0.4, 0.5) is 4.39 Å². The smallest absolute Gasteiger partial charge is 0.128 e. The molecule has 3 aromatic rings. The van der Waals surface area contributed by atoms with E-state index >= 15 is 0 Å². The molecule has 0 aliphatic heterocycles. The molecule has 0 spiro atoms.